The summed E-state index contributed by atoms with van der Waals surface area (Å²) in [6.07, 6.45) is 2.41. The minimum Gasteiger partial charge on any atom is -0.360 e. The fraction of sp³-hybridized carbons (Fsp3) is 0.0882. The Labute approximate surface area is 255 Å². The third-order valence-electron chi connectivity index (χ3n) is 7.67. The number of aromatic nitrogens is 2. The summed E-state index contributed by atoms with van der Waals surface area (Å²) in [5, 5.41) is 4.29. The van der Waals surface area contributed by atoms with Crippen LogP contribution in [-0.2, 0) is 6.42 Å². The van der Waals surface area contributed by atoms with Crippen LogP contribution in [0, 0.1) is 12.7 Å². The van der Waals surface area contributed by atoms with Gasteiger partial charge in [0.05, 0.1) is 21.9 Å². The number of para-hydroxylation sites is 2. The summed E-state index contributed by atoms with van der Waals surface area (Å²) in [7, 11) is 0. The van der Waals surface area contributed by atoms with Crippen LogP contribution in [-0.4, -0.2) is 28.3 Å². The van der Waals surface area contributed by atoms with Gasteiger partial charge in [-0.05, 0) is 73.0 Å². The molecule has 0 bridgehead atoms. The Morgan fingerprint density at radius 2 is 1.84 bits per heavy atom. The van der Waals surface area contributed by atoms with Crippen LogP contribution in [0.5, 0.6) is 0 Å². The van der Waals surface area contributed by atoms with Gasteiger partial charge in [0.1, 0.15) is 11.5 Å². The predicted octanol–water partition coefficient (Wildman–Crippen LogP) is 8.51. The Morgan fingerprint density at radius 1 is 1.00 bits per heavy atom. The van der Waals surface area contributed by atoms with Gasteiger partial charge in [0.15, 0.2) is 0 Å². The van der Waals surface area contributed by atoms with Crippen molar-refractivity contribution in [3.8, 4) is 21.7 Å². The number of nitrogens with one attached hydrogen (secondary N) is 2. The number of hydrogen-bond donors (Lipinski definition) is 2. The third-order valence-corrected chi connectivity index (χ3v) is 9.12. The highest BCUT2D eigenvalue weighted by Gasteiger charge is 2.28. The highest BCUT2D eigenvalue weighted by Crippen LogP contribution is 2.42. The first-order valence-electron chi connectivity index (χ1n) is 13.7. The number of aromatic amines is 1. The van der Waals surface area contributed by atoms with Crippen molar-refractivity contribution in [2.75, 3.05) is 16.8 Å². The van der Waals surface area contributed by atoms with E-state index in [1.54, 1.807) is 30.0 Å². The summed E-state index contributed by atoms with van der Waals surface area (Å²) in [5.41, 5.74) is 6.19. The number of anilines is 2. The van der Waals surface area contributed by atoms with Crippen molar-refractivity contribution in [3.63, 3.8) is 0 Å². The van der Waals surface area contributed by atoms with Crippen molar-refractivity contribution >= 4 is 57.0 Å². The summed E-state index contributed by atoms with van der Waals surface area (Å²) in [5.74, 6) is -1.05. The van der Waals surface area contributed by atoms with E-state index in [1.165, 1.54) is 17.4 Å². The topological polar surface area (TPSA) is 78.1 Å². The number of carbonyl (C=O) groups is 2. The summed E-state index contributed by atoms with van der Waals surface area (Å²) < 4.78 is 14.4. The molecule has 0 saturated carbocycles. The zero-order valence-electron chi connectivity index (χ0n) is 22.9. The number of thiophene rings is 1. The molecule has 1 aliphatic rings. The SMILES string of the molecule is Cc1cccc(F)c1NC(=O)c1cc2c(s1)-c1ccccc1N(C(=O)c1cccc(-c3c[nH]c4ccc(Cl)cc34)n1)CC2. The van der Waals surface area contributed by atoms with Gasteiger partial charge in [-0.3, -0.25) is 9.59 Å². The first-order chi connectivity index (χ1) is 20.9. The number of benzene rings is 3. The molecule has 6 aromatic rings. The molecule has 0 radical (unpaired) electrons. The van der Waals surface area contributed by atoms with Crippen LogP contribution in [0.25, 0.3) is 32.6 Å². The monoisotopic (exact) mass is 606 g/mol. The highest BCUT2D eigenvalue weighted by molar-refractivity contribution is 7.17. The van der Waals surface area contributed by atoms with E-state index in [4.69, 9.17) is 16.6 Å². The van der Waals surface area contributed by atoms with Crippen LogP contribution >= 0.6 is 22.9 Å². The fourth-order valence-corrected chi connectivity index (χ4v) is 6.84. The maximum atomic E-state index is 14.4. The van der Waals surface area contributed by atoms with Crippen molar-refractivity contribution in [1.82, 2.24) is 9.97 Å². The lowest BCUT2D eigenvalue weighted by Gasteiger charge is -2.23. The normalized spacial score (nSPS) is 12.5. The van der Waals surface area contributed by atoms with Gasteiger partial charge in [-0.2, -0.15) is 0 Å². The number of nitrogens with zero attached hydrogens (tertiary/aromatic N) is 2. The molecular formula is C34H24ClFN4O2S. The molecule has 0 aliphatic carbocycles. The van der Waals surface area contributed by atoms with E-state index in [9.17, 15) is 14.0 Å². The van der Waals surface area contributed by atoms with Gasteiger partial charge in [0.2, 0.25) is 0 Å². The van der Waals surface area contributed by atoms with Crippen molar-refractivity contribution < 1.29 is 14.0 Å². The van der Waals surface area contributed by atoms with Gasteiger partial charge in [-0.1, -0.05) is 48.0 Å². The van der Waals surface area contributed by atoms with Gasteiger partial charge < -0.3 is 15.2 Å². The molecule has 9 heteroatoms. The third kappa shape index (κ3) is 4.88. The smallest absolute Gasteiger partial charge is 0.276 e. The minimum atomic E-state index is -0.475. The van der Waals surface area contributed by atoms with E-state index in [0.29, 0.717) is 39.8 Å². The van der Waals surface area contributed by atoms with E-state index in [2.05, 4.69) is 10.3 Å². The Bertz CT molecular complexity index is 2050. The van der Waals surface area contributed by atoms with Gasteiger partial charge in [-0.25, -0.2) is 9.37 Å². The molecule has 2 amide bonds. The molecule has 0 atom stereocenters. The van der Waals surface area contributed by atoms with Crippen molar-refractivity contribution in [3.05, 3.63) is 124 Å². The zero-order chi connectivity index (χ0) is 29.7. The largest absolute Gasteiger partial charge is 0.360 e. The maximum absolute atomic E-state index is 14.4. The second-order valence-corrected chi connectivity index (χ2v) is 11.9. The second kappa shape index (κ2) is 10.8. The molecular weight excluding hydrogens is 583 g/mol. The van der Waals surface area contributed by atoms with Crippen LogP contribution in [0.3, 0.4) is 0 Å². The van der Waals surface area contributed by atoms with Crippen molar-refractivity contribution in [1.29, 1.82) is 0 Å². The number of amides is 2. The minimum absolute atomic E-state index is 0.179. The van der Waals surface area contributed by atoms with E-state index in [0.717, 1.165) is 38.2 Å². The number of halogens is 2. The second-order valence-electron chi connectivity index (χ2n) is 10.4. The molecule has 2 N–H and O–H groups in total. The maximum Gasteiger partial charge on any atom is 0.276 e. The Morgan fingerprint density at radius 3 is 2.70 bits per heavy atom. The lowest BCUT2D eigenvalue weighted by Crippen LogP contribution is -2.33. The van der Waals surface area contributed by atoms with E-state index >= 15 is 0 Å². The summed E-state index contributed by atoms with van der Waals surface area (Å²) in [6.45, 7) is 2.16. The summed E-state index contributed by atoms with van der Waals surface area (Å²) in [4.78, 5) is 38.3. The molecule has 0 spiro atoms. The molecule has 3 aromatic heterocycles. The molecule has 3 aromatic carbocycles. The Hall–Kier alpha value is -4.79. The lowest BCUT2D eigenvalue weighted by molar-refractivity contribution is 0.0981. The first kappa shape index (κ1) is 27.1. The molecule has 0 unspecified atom stereocenters. The number of rotatable bonds is 4. The Kier molecular flexibility index (Phi) is 6.80. The number of pyridine rings is 1. The fourth-order valence-electron chi connectivity index (χ4n) is 5.53. The number of fused-ring (bicyclic) bond motifs is 4. The highest BCUT2D eigenvalue weighted by atomic mass is 35.5. The molecule has 6 nitrogen and oxygen atoms in total. The molecule has 7 rings (SSSR count). The predicted molar refractivity (Wildman–Crippen MR) is 171 cm³/mol. The van der Waals surface area contributed by atoms with Gasteiger partial charge >= 0.3 is 0 Å². The number of aryl methyl sites for hydroxylation is 1. The van der Waals surface area contributed by atoms with Gasteiger partial charge in [0.25, 0.3) is 11.8 Å². The average molecular weight is 607 g/mol. The molecule has 0 fully saturated rings. The number of carbonyl (C=O) groups excluding carboxylic acids is 2. The number of H-pyrrole nitrogens is 1. The standard InChI is InChI=1S/C34H24ClFN4O2S/c1-19-6-4-8-25(36)31(19)39-33(41)30-16-20-14-15-40(29-11-3-2-7-22(29)32(20)43-30)34(42)28-10-5-9-27(38-28)24-18-37-26-13-12-21(35)17-23(24)26/h2-13,16-18,37H,14-15H2,1H3,(H,39,41). The average Bonchev–Trinajstić information content (AvgIpc) is 3.60. The van der Waals surface area contributed by atoms with Crippen LogP contribution in [0.15, 0.2) is 91.1 Å². The number of hydrogen-bond acceptors (Lipinski definition) is 4. The molecule has 1 aliphatic heterocycles. The molecule has 212 valence electrons. The summed E-state index contributed by atoms with van der Waals surface area (Å²) >= 11 is 7.60. The van der Waals surface area contributed by atoms with Crippen molar-refractivity contribution in [2.24, 2.45) is 0 Å². The molecule has 0 saturated heterocycles. The summed E-state index contributed by atoms with van der Waals surface area (Å²) in [6, 6.07) is 25.3. The van der Waals surface area contributed by atoms with Gasteiger partial charge in [0, 0.05) is 44.7 Å². The molecule has 43 heavy (non-hydrogen) atoms. The molecule has 4 heterocycles. The van der Waals surface area contributed by atoms with Crippen LogP contribution < -0.4 is 10.2 Å². The quantitative estimate of drug-likeness (QED) is 0.211. The van der Waals surface area contributed by atoms with Crippen LogP contribution in [0.1, 0.15) is 31.3 Å². The van der Waals surface area contributed by atoms with E-state index < -0.39 is 5.82 Å². The van der Waals surface area contributed by atoms with Crippen LogP contribution in [0.2, 0.25) is 5.02 Å². The zero-order valence-corrected chi connectivity index (χ0v) is 24.5. The first-order valence-corrected chi connectivity index (χ1v) is 14.9. The van der Waals surface area contributed by atoms with E-state index in [1.807, 2.05) is 66.9 Å². The van der Waals surface area contributed by atoms with Crippen molar-refractivity contribution in [2.45, 2.75) is 13.3 Å². The van der Waals surface area contributed by atoms with Crippen LogP contribution in [0.4, 0.5) is 15.8 Å². The van der Waals surface area contributed by atoms with Gasteiger partial charge in [-0.15, -0.1) is 11.3 Å². The van der Waals surface area contributed by atoms with E-state index in [-0.39, 0.29) is 17.5 Å². The lowest BCUT2D eigenvalue weighted by atomic mass is 10.1. The Balaban J connectivity index is 1.21.